The predicted molar refractivity (Wildman–Crippen MR) is 177 cm³/mol. The molecule has 0 saturated carbocycles. The molecule has 10 aromatic rings. The van der Waals surface area contributed by atoms with Crippen molar-refractivity contribution in [3.8, 4) is 5.69 Å². The molecule has 3 heteroatoms. The van der Waals surface area contributed by atoms with Crippen LogP contribution in [0.5, 0.6) is 0 Å². The monoisotopic (exact) mass is 538 g/mol. The molecule has 4 aromatic heterocycles. The van der Waals surface area contributed by atoms with Crippen LogP contribution in [0.3, 0.4) is 0 Å². The maximum absolute atomic E-state index is 2.47. The Balaban J connectivity index is 1.50. The van der Waals surface area contributed by atoms with Crippen LogP contribution in [0.15, 0.2) is 134 Å². The summed E-state index contributed by atoms with van der Waals surface area (Å²) in [4.78, 5) is 0. The van der Waals surface area contributed by atoms with Crippen molar-refractivity contribution in [3.63, 3.8) is 0 Å². The summed E-state index contributed by atoms with van der Waals surface area (Å²) in [6.45, 7) is 0. The molecule has 0 amide bonds. The number of nitrogens with zero attached hydrogens (tertiary/aromatic N) is 2. The molecule has 0 aliphatic carbocycles. The predicted octanol–water partition coefficient (Wildman–Crippen LogP) is 10.9. The molecule has 41 heavy (non-hydrogen) atoms. The third-order valence-corrected chi connectivity index (χ3v) is 10.1. The Kier molecular flexibility index (Phi) is 4.10. The molecule has 2 nitrogen and oxygen atoms in total. The molecule has 190 valence electrons. The van der Waals surface area contributed by atoms with Crippen LogP contribution in [0.25, 0.3) is 85.6 Å². The number of aromatic nitrogens is 2. The van der Waals surface area contributed by atoms with Gasteiger partial charge < -0.3 is 8.97 Å². The maximum Gasteiger partial charge on any atom is 0.0714 e. The van der Waals surface area contributed by atoms with Gasteiger partial charge in [-0.25, -0.2) is 0 Å². The Bertz CT molecular complexity index is 2690. The molecular formula is C38H22N2S. The van der Waals surface area contributed by atoms with Crippen molar-refractivity contribution in [1.29, 1.82) is 0 Å². The lowest BCUT2D eigenvalue weighted by atomic mass is 9.99. The highest BCUT2D eigenvalue weighted by molar-refractivity contribution is 7.26. The molecule has 0 aliphatic rings. The van der Waals surface area contributed by atoms with E-state index in [0.717, 1.165) is 0 Å². The minimum atomic E-state index is 1.18. The summed E-state index contributed by atoms with van der Waals surface area (Å²) < 4.78 is 7.58. The Labute approximate surface area is 238 Å². The summed E-state index contributed by atoms with van der Waals surface area (Å²) in [6.07, 6.45) is 2.34. The highest BCUT2D eigenvalue weighted by Gasteiger charge is 2.20. The molecule has 6 aromatic carbocycles. The van der Waals surface area contributed by atoms with Gasteiger partial charge in [-0.05, 0) is 41.8 Å². The molecule has 0 aliphatic heterocycles. The van der Waals surface area contributed by atoms with E-state index in [2.05, 4.69) is 143 Å². The van der Waals surface area contributed by atoms with Crippen molar-refractivity contribution in [2.45, 2.75) is 0 Å². The van der Waals surface area contributed by atoms with Gasteiger partial charge in [0, 0.05) is 59.7 Å². The highest BCUT2D eigenvalue weighted by Crippen LogP contribution is 2.45. The van der Waals surface area contributed by atoms with Crippen molar-refractivity contribution in [3.05, 3.63) is 134 Å². The number of hydrogen-bond acceptors (Lipinski definition) is 1. The first-order valence-electron chi connectivity index (χ1n) is 14.0. The van der Waals surface area contributed by atoms with Crippen LogP contribution >= 0.6 is 11.3 Å². The Morgan fingerprint density at radius 3 is 2.07 bits per heavy atom. The second-order valence-corrected chi connectivity index (χ2v) is 12.0. The standard InChI is InChI=1S/C38H22N2S/c1-2-11-24(12-3-1)40-33-16-8-6-14-26(33)31-20-30-28-18-19-29-27-15-7-9-17-35(27)41-38(29)37(28)39-22-23-10-4-5-13-25(23)36(39)32(30)21-34(31)40/h1-22H. The number of rotatable bonds is 1. The third kappa shape index (κ3) is 2.76. The van der Waals surface area contributed by atoms with E-state index < -0.39 is 0 Å². The number of benzene rings is 6. The average molecular weight is 539 g/mol. The molecule has 4 heterocycles. The number of pyridine rings is 1. The van der Waals surface area contributed by atoms with E-state index in [1.165, 1.54) is 85.6 Å². The molecule has 0 saturated heterocycles. The van der Waals surface area contributed by atoms with E-state index in [4.69, 9.17) is 0 Å². The van der Waals surface area contributed by atoms with Gasteiger partial charge in [0.25, 0.3) is 0 Å². The second-order valence-electron chi connectivity index (χ2n) is 11.0. The number of para-hydroxylation sites is 2. The van der Waals surface area contributed by atoms with Gasteiger partial charge in [0.15, 0.2) is 0 Å². The molecule has 0 spiro atoms. The van der Waals surface area contributed by atoms with E-state index in [1.807, 2.05) is 11.3 Å². The Hall–Kier alpha value is -5.12. The highest BCUT2D eigenvalue weighted by atomic mass is 32.1. The number of thiophene rings is 1. The first-order chi connectivity index (χ1) is 20.3. The van der Waals surface area contributed by atoms with E-state index in [1.54, 1.807) is 0 Å². The smallest absolute Gasteiger partial charge is 0.0714 e. The summed E-state index contributed by atoms with van der Waals surface area (Å²) in [5.41, 5.74) is 6.23. The summed E-state index contributed by atoms with van der Waals surface area (Å²) >= 11 is 1.91. The SMILES string of the molecule is c1ccc(-n2c3ccccc3c3cc4c(cc32)c2c3ccccc3cn2c2c4ccc3c4ccccc4sc32)cc1. The fraction of sp³-hybridized carbons (Fsp3) is 0. The second kappa shape index (κ2) is 7.75. The van der Waals surface area contributed by atoms with Crippen LogP contribution in [0.1, 0.15) is 0 Å². The van der Waals surface area contributed by atoms with Crippen molar-refractivity contribution < 1.29 is 0 Å². The van der Waals surface area contributed by atoms with Crippen LogP contribution in [-0.4, -0.2) is 8.97 Å². The van der Waals surface area contributed by atoms with Gasteiger partial charge in [0.1, 0.15) is 0 Å². The van der Waals surface area contributed by atoms with Crippen molar-refractivity contribution in [1.82, 2.24) is 8.97 Å². The zero-order valence-corrected chi connectivity index (χ0v) is 22.8. The van der Waals surface area contributed by atoms with Crippen LogP contribution in [0, 0.1) is 0 Å². The molecule has 0 bridgehead atoms. The maximum atomic E-state index is 2.47. The minimum absolute atomic E-state index is 1.18. The quantitative estimate of drug-likeness (QED) is 0.184. The summed E-state index contributed by atoms with van der Waals surface area (Å²) in [7, 11) is 0. The zero-order chi connectivity index (χ0) is 26.7. The molecule has 0 fully saturated rings. The molecule has 0 N–H and O–H groups in total. The fourth-order valence-electron chi connectivity index (χ4n) is 7.13. The molecule has 0 atom stereocenters. The van der Waals surface area contributed by atoms with Gasteiger partial charge >= 0.3 is 0 Å². The lowest BCUT2D eigenvalue weighted by Gasteiger charge is -2.13. The van der Waals surface area contributed by atoms with Gasteiger partial charge in [-0.3, -0.25) is 0 Å². The van der Waals surface area contributed by atoms with Gasteiger partial charge in [0.05, 0.1) is 26.8 Å². The van der Waals surface area contributed by atoms with Crippen LogP contribution in [-0.2, 0) is 0 Å². The summed E-state index contributed by atoms with van der Waals surface area (Å²) in [5, 5.41) is 11.7. The van der Waals surface area contributed by atoms with Gasteiger partial charge in [-0.2, -0.15) is 0 Å². The first-order valence-corrected chi connectivity index (χ1v) is 14.8. The topological polar surface area (TPSA) is 9.34 Å². The normalized spacial score (nSPS) is 12.4. The van der Waals surface area contributed by atoms with Crippen LogP contribution < -0.4 is 0 Å². The van der Waals surface area contributed by atoms with Crippen molar-refractivity contribution in [2.24, 2.45) is 0 Å². The van der Waals surface area contributed by atoms with Gasteiger partial charge in [0.2, 0.25) is 0 Å². The van der Waals surface area contributed by atoms with E-state index in [0.29, 0.717) is 0 Å². The number of hydrogen-bond donors (Lipinski definition) is 0. The van der Waals surface area contributed by atoms with E-state index >= 15 is 0 Å². The molecule has 0 radical (unpaired) electrons. The van der Waals surface area contributed by atoms with E-state index in [-0.39, 0.29) is 0 Å². The number of fused-ring (bicyclic) bond motifs is 15. The average Bonchev–Trinajstić information content (AvgIpc) is 3.70. The lowest BCUT2D eigenvalue weighted by Crippen LogP contribution is -1.94. The Morgan fingerprint density at radius 2 is 1.17 bits per heavy atom. The summed E-state index contributed by atoms with van der Waals surface area (Å²) in [6, 6.07) is 46.8. The Morgan fingerprint density at radius 1 is 0.439 bits per heavy atom. The van der Waals surface area contributed by atoms with Crippen molar-refractivity contribution in [2.75, 3.05) is 0 Å². The molecule has 10 rings (SSSR count). The zero-order valence-electron chi connectivity index (χ0n) is 22.0. The van der Waals surface area contributed by atoms with Crippen LogP contribution in [0.2, 0.25) is 0 Å². The molecule has 0 unspecified atom stereocenters. The fourth-order valence-corrected chi connectivity index (χ4v) is 8.38. The first kappa shape index (κ1) is 21.7. The van der Waals surface area contributed by atoms with Gasteiger partial charge in [-0.15, -0.1) is 11.3 Å². The van der Waals surface area contributed by atoms with E-state index in [9.17, 15) is 0 Å². The lowest BCUT2D eigenvalue weighted by molar-refractivity contribution is 1.18. The summed E-state index contributed by atoms with van der Waals surface area (Å²) in [5.74, 6) is 0. The van der Waals surface area contributed by atoms with Crippen LogP contribution in [0.4, 0.5) is 0 Å². The minimum Gasteiger partial charge on any atom is -0.313 e. The van der Waals surface area contributed by atoms with Crippen molar-refractivity contribution >= 4 is 91.3 Å². The molecular weight excluding hydrogens is 516 g/mol. The van der Waals surface area contributed by atoms with Gasteiger partial charge in [-0.1, -0.05) is 91.0 Å². The third-order valence-electron chi connectivity index (χ3n) is 8.86. The largest absolute Gasteiger partial charge is 0.313 e.